The first kappa shape index (κ1) is 13.8. The fraction of sp³-hybridized carbons (Fsp3) is 0.462. The summed E-state index contributed by atoms with van der Waals surface area (Å²) in [4.78, 5) is 11.4. The van der Waals surface area contributed by atoms with Gasteiger partial charge in [-0.1, -0.05) is 33.8 Å². The summed E-state index contributed by atoms with van der Waals surface area (Å²) in [6, 6.07) is 5.60. The van der Waals surface area contributed by atoms with Gasteiger partial charge in [-0.3, -0.25) is 4.79 Å². The van der Waals surface area contributed by atoms with E-state index in [1.807, 2.05) is 12.1 Å². The molecule has 0 aromatic heterocycles. The molecule has 1 N–H and O–H groups in total. The van der Waals surface area contributed by atoms with Crippen LogP contribution in [0.3, 0.4) is 0 Å². The molecule has 0 saturated heterocycles. The lowest BCUT2D eigenvalue weighted by Gasteiger charge is -2.20. The van der Waals surface area contributed by atoms with Crippen molar-refractivity contribution < 1.29 is 9.08 Å². The van der Waals surface area contributed by atoms with E-state index in [9.17, 15) is 4.79 Å². The molecular weight excluding hydrogens is 238 g/mol. The molecule has 1 aromatic rings. The maximum absolute atomic E-state index is 11.4. The Hall–Kier alpha value is -1.22. The summed E-state index contributed by atoms with van der Waals surface area (Å²) >= 11 is 5.37. The fourth-order valence-electron chi connectivity index (χ4n) is 1.40. The second kappa shape index (κ2) is 5.41. The number of rotatable bonds is 3. The molecule has 0 saturated carbocycles. The molecule has 0 radical (unpaired) electrons. The van der Waals surface area contributed by atoms with E-state index in [1.165, 1.54) is 0 Å². The zero-order valence-electron chi connectivity index (χ0n) is 10.6. The lowest BCUT2D eigenvalue weighted by molar-refractivity contribution is -0.115. The number of hydrogen-bond donors (Lipinski definition) is 1. The Morgan fingerprint density at radius 3 is 2.53 bits per heavy atom. The normalized spacial score (nSPS) is 11.1. The van der Waals surface area contributed by atoms with Crippen molar-refractivity contribution in [3.63, 3.8) is 0 Å². The minimum Gasteiger partial charge on any atom is -0.383 e. The third kappa shape index (κ3) is 3.63. The first-order valence-electron chi connectivity index (χ1n) is 5.61. The molecule has 1 rings (SSSR count). The molecule has 1 aromatic carbocycles. The predicted molar refractivity (Wildman–Crippen MR) is 70.5 cm³/mol. The lowest BCUT2D eigenvalue weighted by atomic mass is 9.87. The van der Waals surface area contributed by atoms with Crippen molar-refractivity contribution in [1.29, 1.82) is 0 Å². The number of halogens is 1. The van der Waals surface area contributed by atoms with E-state index in [0.717, 1.165) is 5.56 Å². The first-order valence-corrected chi connectivity index (χ1v) is 5.92. The molecular formula is C13H18ClNO2. The number of hydrogen-bond acceptors (Lipinski definition) is 2. The van der Waals surface area contributed by atoms with Crippen LogP contribution in [0.5, 0.6) is 5.75 Å². The molecule has 0 atom stereocenters. The van der Waals surface area contributed by atoms with E-state index in [0.29, 0.717) is 17.9 Å². The topological polar surface area (TPSA) is 38.3 Å². The second-order valence-corrected chi connectivity index (χ2v) is 5.09. The highest BCUT2D eigenvalue weighted by Crippen LogP contribution is 2.32. The Kier molecular flexibility index (Phi) is 4.40. The maximum Gasteiger partial charge on any atom is 0.224 e. The van der Waals surface area contributed by atoms with Gasteiger partial charge >= 0.3 is 0 Å². The van der Waals surface area contributed by atoms with Crippen LogP contribution in [0.4, 0.5) is 5.69 Å². The van der Waals surface area contributed by atoms with Gasteiger partial charge in [-0.25, -0.2) is 0 Å². The number of carbonyl (C=O) groups is 1. The van der Waals surface area contributed by atoms with Gasteiger partial charge in [0.05, 0.1) is 5.69 Å². The molecule has 17 heavy (non-hydrogen) atoms. The number of benzene rings is 1. The van der Waals surface area contributed by atoms with E-state index in [4.69, 9.17) is 16.2 Å². The van der Waals surface area contributed by atoms with Crippen molar-refractivity contribution in [3.05, 3.63) is 23.8 Å². The fourth-order valence-corrected chi connectivity index (χ4v) is 1.53. The van der Waals surface area contributed by atoms with Crippen LogP contribution >= 0.6 is 11.9 Å². The van der Waals surface area contributed by atoms with Crippen LogP contribution in [-0.2, 0) is 10.2 Å². The summed E-state index contributed by atoms with van der Waals surface area (Å²) in [5, 5.41) is 2.78. The van der Waals surface area contributed by atoms with Gasteiger partial charge in [0.25, 0.3) is 0 Å². The average Bonchev–Trinajstić information content (AvgIpc) is 2.27. The van der Waals surface area contributed by atoms with Crippen LogP contribution in [-0.4, -0.2) is 5.91 Å². The lowest BCUT2D eigenvalue weighted by Crippen LogP contribution is -2.14. The highest BCUT2D eigenvalue weighted by Gasteiger charge is 2.16. The maximum atomic E-state index is 11.4. The average molecular weight is 256 g/mol. The Morgan fingerprint density at radius 1 is 1.41 bits per heavy atom. The Labute approximate surface area is 107 Å². The summed E-state index contributed by atoms with van der Waals surface area (Å²) in [7, 11) is 0. The summed E-state index contributed by atoms with van der Waals surface area (Å²) in [5.41, 5.74) is 1.73. The summed E-state index contributed by atoms with van der Waals surface area (Å²) in [6.07, 6.45) is 0.418. The van der Waals surface area contributed by atoms with E-state index in [2.05, 4.69) is 26.1 Å². The van der Waals surface area contributed by atoms with Crippen molar-refractivity contribution in [3.8, 4) is 5.75 Å². The number of anilines is 1. The van der Waals surface area contributed by atoms with Crippen molar-refractivity contribution in [2.75, 3.05) is 5.32 Å². The Morgan fingerprint density at radius 2 is 2.06 bits per heavy atom. The van der Waals surface area contributed by atoms with Crippen LogP contribution in [0.2, 0.25) is 0 Å². The van der Waals surface area contributed by atoms with Crippen LogP contribution < -0.4 is 9.61 Å². The van der Waals surface area contributed by atoms with E-state index in [-0.39, 0.29) is 11.3 Å². The summed E-state index contributed by atoms with van der Waals surface area (Å²) < 4.78 is 4.72. The van der Waals surface area contributed by atoms with Gasteiger partial charge in [-0.2, -0.15) is 0 Å². The van der Waals surface area contributed by atoms with Gasteiger partial charge in [0.1, 0.15) is 11.9 Å². The Bertz CT molecular complexity index is 410. The number of nitrogens with one attached hydrogen (secondary N) is 1. The van der Waals surface area contributed by atoms with Gasteiger partial charge in [-0.15, -0.1) is 0 Å². The zero-order chi connectivity index (χ0) is 13.1. The van der Waals surface area contributed by atoms with Gasteiger partial charge in [0, 0.05) is 6.42 Å². The largest absolute Gasteiger partial charge is 0.383 e. The van der Waals surface area contributed by atoms with Crippen LogP contribution in [0.15, 0.2) is 18.2 Å². The van der Waals surface area contributed by atoms with Gasteiger partial charge in [0.15, 0.2) is 5.75 Å². The molecule has 0 heterocycles. The smallest absolute Gasteiger partial charge is 0.224 e. The highest BCUT2D eigenvalue weighted by molar-refractivity contribution is 6.09. The zero-order valence-corrected chi connectivity index (χ0v) is 11.4. The molecule has 4 heteroatoms. The monoisotopic (exact) mass is 255 g/mol. The predicted octanol–water partition coefficient (Wildman–Crippen LogP) is 3.87. The van der Waals surface area contributed by atoms with Gasteiger partial charge < -0.3 is 9.61 Å². The molecule has 0 bridgehead atoms. The standard InChI is InChI=1S/C13H18ClNO2/c1-5-12(16)15-10-8-9(13(2,3)4)6-7-11(10)17-14/h6-8H,5H2,1-4H3,(H,15,16). The van der Waals surface area contributed by atoms with Gasteiger partial charge in [-0.05, 0) is 23.1 Å². The van der Waals surface area contributed by atoms with Crippen molar-refractivity contribution >= 4 is 23.5 Å². The van der Waals surface area contributed by atoms with Crippen LogP contribution in [0.25, 0.3) is 0 Å². The molecule has 0 spiro atoms. The minimum atomic E-state index is -0.0639. The van der Waals surface area contributed by atoms with Gasteiger partial charge in [0.2, 0.25) is 5.91 Å². The molecule has 0 aliphatic rings. The molecule has 0 unspecified atom stereocenters. The van der Waals surface area contributed by atoms with Crippen LogP contribution in [0, 0.1) is 0 Å². The molecule has 1 amide bonds. The molecule has 0 aliphatic carbocycles. The number of amides is 1. The van der Waals surface area contributed by atoms with Crippen molar-refractivity contribution in [1.82, 2.24) is 0 Å². The van der Waals surface area contributed by atoms with Crippen LogP contribution in [0.1, 0.15) is 39.7 Å². The molecule has 94 valence electrons. The third-order valence-electron chi connectivity index (χ3n) is 2.52. The Balaban J connectivity index is 3.11. The van der Waals surface area contributed by atoms with Crippen molar-refractivity contribution in [2.24, 2.45) is 0 Å². The number of carbonyl (C=O) groups excluding carboxylic acids is 1. The minimum absolute atomic E-state index is 0.0105. The SMILES string of the molecule is CCC(=O)Nc1cc(C(C)(C)C)ccc1OCl. The molecule has 3 nitrogen and oxygen atoms in total. The van der Waals surface area contributed by atoms with E-state index >= 15 is 0 Å². The summed E-state index contributed by atoms with van der Waals surface area (Å²) in [6.45, 7) is 8.11. The molecule has 0 fully saturated rings. The first-order chi connectivity index (χ1) is 7.88. The highest BCUT2D eigenvalue weighted by atomic mass is 35.5. The molecule has 0 aliphatic heterocycles. The third-order valence-corrected chi connectivity index (χ3v) is 2.69. The summed E-state index contributed by atoms with van der Waals surface area (Å²) in [5.74, 6) is 0.396. The van der Waals surface area contributed by atoms with E-state index in [1.54, 1.807) is 13.0 Å². The van der Waals surface area contributed by atoms with E-state index < -0.39 is 0 Å². The second-order valence-electron chi connectivity index (χ2n) is 4.94. The quantitative estimate of drug-likeness (QED) is 0.891. The van der Waals surface area contributed by atoms with Crippen molar-refractivity contribution in [2.45, 2.75) is 39.5 Å².